The van der Waals surface area contributed by atoms with Crippen LogP contribution in [0.3, 0.4) is 0 Å². The Labute approximate surface area is 174 Å². The minimum atomic E-state index is -0.0977. The van der Waals surface area contributed by atoms with Crippen molar-refractivity contribution in [3.63, 3.8) is 0 Å². The number of hydrogen-bond donors (Lipinski definition) is 1. The number of carbonyl (C=O) groups excluding carboxylic acids is 1. The summed E-state index contributed by atoms with van der Waals surface area (Å²) in [5, 5.41) is 3.70. The number of fused-ring (bicyclic) bond motifs is 1. The Morgan fingerprint density at radius 1 is 1.10 bits per heavy atom. The molecule has 150 valence electrons. The Morgan fingerprint density at radius 2 is 1.86 bits per heavy atom. The largest absolute Gasteiger partial charge is 0.490 e. The third-order valence-corrected chi connectivity index (χ3v) is 5.42. The summed E-state index contributed by atoms with van der Waals surface area (Å²) in [6.45, 7) is 5.40. The fraction of sp³-hybridized carbons (Fsp3) is 0.273. The number of aryl methyl sites for hydroxylation is 2. The predicted molar refractivity (Wildman–Crippen MR) is 114 cm³/mol. The van der Waals surface area contributed by atoms with Crippen LogP contribution in [0.15, 0.2) is 53.9 Å². The Bertz CT molecular complexity index is 1010. The molecule has 1 N–H and O–H groups in total. The van der Waals surface area contributed by atoms with Gasteiger partial charge in [0.25, 0.3) is 0 Å². The molecule has 0 spiro atoms. The molecule has 0 saturated carbocycles. The van der Waals surface area contributed by atoms with Crippen LogP contribution in [-0.4, -0.2) is 34.4 Å². The van der Waals surface area contributed by atoms with Crippen molar-refractivity contribution in [1.29, 1.82) is 0 Å². The molecule has 0 saturated heterocycles. The molecule has 0 bridgehead atoms. The van der Waals surface area contributed by atoms with E-state index in [2.05, 4.69) is 42.3 Å². The first-order valence-electron chi connectivity index (χ1n) is 9.53. The smallest absolute Gasteiger partial charge is 0.234 e. The van der Waals surface area contributed by atoms with Crippen molar-refractivity contribution in [1.82, 2.24) is 9.55 Å². The summed E-state index contributed by atoms with van der Waals surface area (Å²) in [6, 6.07) is 11.8. The molecule has 4 rings (SSSR count). The third-order valence-electron chi connectivity index (χ3n) is 4.46. The van der Waals surface area contributed by atoms with E-state index in [1.165, 1.54) is 22.9 Å². The van der Waals surface area contributed by atoms with Crippen molar-refractivity contribution in [2.24, 2.45) is 0 Å². The molecule has 29 heavy (non-hydrogen) atoms. The second kappa shape index (κ2) is 8.61. The Hall–Kier alpha value is -2.93. The van der Waals surface area contributed by atoms with Crippen LogP contribution in [0.4, 0.5) is 5.69 Å². The normalized spacial score (nSPS) is 13.0. The second-order valence-electron chi connectivity index (χ2n) is 6.97. The molecule has 1 aromatic heterocycles. The number of amides is 1. The molecule has 0 radical (unpaired) electrons. The van der Waals surface area contributed by atoms with Crippen LogP contribution in [0.2, 0.25) is 0 Å². The standard InChI is InChI=1S/C22H23N3O3S/c1-15-10-16(2)12-18(11-15)25-7-6-23-22(25)29-14-21(26)24-17-4-5-19-20(13-17)28-9-3-8-27-19/h4-7,10-13H,3,8-9,14H2,1-2H3,(H,24,26). The molecule has 1 aliphatic heterocycles. The molecule has 0 atom stereocenters. The molecular weight excluding hydrogens is 386 g/mol. The number of ether oxygens (including phenoxy) is 2. The van der Waals surface area contributed by atoms with Gasteiger partial charge in [-0.05, 0) is 49.2 Å². The average Bonchev–Trinajstić information content (AvgIpc) is 3.03. The number of aromatic nitrogens is 2. The lowest BCUT2D eigenvalue weighted by Crippen LogP contribution is -2.14. The third kappa shape index (κ3) is 4.74. The van der Waals surface area contributed by atoms with E-state index < -0.39 is 0 Å². The van der Waals surface area contributed by atoms with Crippen LogP contribution in [0.25, 0.3) is 5.69 Å². The highest BCUT2D eigenvalue weighted by Gasteiger charge is 2.13. The number of thioether (sulfide) groups is 1. The molecular formula is C22H23N3O3S. The maximum absolute atomic E-state index is 12.5. The van der Waals surface area contributed by atoms with Gasteiger partial charge >= 0.3 is 0 Å². The maximum Gasteiger partial charge on any atom is 0.234 e. The van der Waals surface area contributed by atoms with Crippen LogP contribution in [-0.2, 0) is 4.79 Å². The molecule has 0 aliphatic carbocycles. The number of anilines is 1. The molecule has 3 aromatic rings. The van der Waals surface area contributed by atoms with Crippen molar-refractivity contribution in [3.05, 3.63) is 59.9 Å². The van der Waals surface area contributed by atoms with E-state index in [4.69, 9.17) is 9.47 Å². The molecule has 1 amide bonds. The van der Waals surface area contributed by atoms with Crippen LogP contribution >= 0.6 is 11.8 Å². The number of carbonyl (C=O) groups is 1. The molecule has 7 heteroatoms. The summed E-state index contributed by atoms with van der Waals surface area (Å²) in [7, 11) is 0. The molecule has 2 heterocycles. The van der Waals surface area contributed by atoms with Gasteiger partial charge in [0.1, 0.15) is 0 Å². The SMILES string of the molecule is Cc1cc(C)cc(-n2ccnc2SCC(=O)Nc2ccc3c(c2)OCCCO3)c1. The van der Waals surface area contributed by atoms with Crippen LogP contribution < -0.4 is 14.8 Å². The van der Waals surface area contributed by atoms with Crippen molar-refractivity contribution >= 4 is 23.4 Å². The van der Waals surface area contributed by atoms with Gasteiger partial charge in [-0.1, -0.05) is 17.8 Å². The first kappa shape index (κ1) is 19.4. The molecule has 2 aromatic carbocycles. The van der Waals surface area contributed by atoms with Crippen molar-refractivity contribution in [2.75, 3.05) is 24.3 Å². The minimum Gasteiger partial charge on any atom is -0.490 e. The molecule has 0 unspecified atom stereocenters. The van der Waals surface area contributed by atoms with Gasteiger partial charge in [0, 0.05) is 36.3 Å². The molecule has 0 fully saturated rings. The van der Waals surface area contributed by atoms with Gasteiger partial charge in [0.15, 0.2) is 16.7 Å². The Morgan fingerprint density at radius 3 is 2.66 bits per heavy atom. The van der Waals surface area contributed by atoms with Gasteiger partial charge < -0.3 is 14.8 Å². The van der Waals surface area contributed by atoms with Gasteiger partial charge in [-0.3, -0.25) is 9.36 Å². The zero-order chi connectivity index (χ0) is 20.2. The summed E-state index contributed by atoms with van der Waals surface area (Å²) in [4.78, 5) is 16.9. The fourth-order valence-electron chi connectivity index (χ4n) is 3.25. The number of nitrogens with one attached hydrogen (secondary N) is 1. The lowest BCUT2D eigenvalue weighted by molar-refractivity contribution is -0.113. The number of rotatable bonds is 5. The van der Waals surface area contributed by atoms with Gasteiger partial charge in [-0.15, -0.1) is 0 Å². The van der Waals surface area contributed by atoms with Gasteiger partial charge in [0.2, 0.25) is 5.91 Å². The Kier molecular flexibility index (Phi) is 5.76. The molecule has 1 aliphatic rings. The zero-order valence-electron chi connectivity index (χ0n) is 16.5. The van der Waals surface area contributed by atoms with Gasteiger partial charge in [-0.25, -0.2) is 4.98 Å². The van der Waals surface area contributed by atoms with Crippen molar-refractivity contribution in [3.8, 4) is 17.2 Å². The average molecular weight is 410 g/mol. The van der Waals surface area contributed by atoms with Crippen molar-refractivity contribution in [2.45, 2.75) is 25.4 Å². The number of imidazole rings is 1. The second-order valence-corrected chi connectivity index (χ2v) is 7.92. The summed E-state index contributed by atoms with van der Waals surface area (Å²) in [5.74, 6) is 1.54. The highest BCUT2D eigenvalue weighted by molar-refractivity contribution is 7.99. The first-order valence-corrected chi connectivity index (χ1v) is 10.5. The van der Waals surface area contributed by atoms with E-state index in [9.17, 15) is 4.79 Å². The summed E-state index contributed by atoms with van der Waals surface area (Å²) in [6.07, 6.45) is 4.51. The van der Waals surface area contributed by atoms with Crippen molar-refractivity contribution < 1.29 is 14.3 Å². The monoisotopic (exact) mass is 409 g/mol. The lowest BCUT2D eigenvalue weighted by atomic mass is 10.1. The van der Waals surface area contributed by atoms with E-state index in [-0.39, 0.29) is 11.7 Å². The number of hydrogen-bond acceptors (Lipinski definition) is 5. The van der Waals surface area contributed by atoms with Crippen LogP contribution in [0, 0.1) is 13.8 Å². The Balaban J connectivity index is 1.41. The van der Waals surface area contributed by atoms with E-state index in [1.807, 2.05) is 22.9 Å². The quantitative estimate of drug-likeness (QED) is 0.634. The maximum atomic E-state index is 12.5. The van der Waals surface area contributed by atoms with Gasteiger partial charge in [0.05, 0.1) is 19.0 Å². The van der Waals surface area contributed by atoms with E-state index in [1.54, 1.807) is 12.3 Å². The predicted octanol–water partition coefficient (Wildman–Crippen LogP) is 4.38. The van der Waals surface area contributed by atoms with Crippen LogP contribution in [0.5, 0.6) is 11.5 Å². The topological polar surface area (TPSA) is 65.4 Å². The lowest BCUT2D eigenvalue weighted by Gasteiger charge is -2.11. The minimum absolute atomic E-state index is 0.0977. The fourth-order valence-corrected chi connectivity index (χ4v) is 4.02. The molecule has 6 nitrogen and oxygen atoms in total. The van der Waals surface area contributed by atoms with E-state index in [0.29, 0.717) is 30.4 Å². The summed E-state index contributed by atoms with van der Waals surface area (Å²) >= 11 is 1.40. The highest BCUT2D eigenvalue weighted by atomic mass is 32.2. The number of nitrogens with zero attached hydrogens (tertiary/aromatic N) is 2. The zero-order valence-corrected chi connectivity index (χ0v) is 17.3. The first-order chi connectivity index (χ1) is 14.1. The summed E-state index contributed by atoms with van der Waals surface area (Å²) in [5.41, 5.74) is 4.12. The van der Waals surface area contributed by atoms with Crippen LogP contribution in [0.1, 0.15) is 17.5 Å². The number of benzene rings is 2. The van der Waals surface area contributed by atoms with Gasteiger partial charge in [-0.2, -0.15) is 0 Å². The van der Waals surface area contributed by atoms with E-state index >= 15 is 0 Å². The highest BCUT2D eigenvalue weighted by Crippen LogP contribution is 2.32. The summed E-state index contributed by atoms with van der Waals surface area (Å²) < 4.78 is 13.3. The van der Waals surface area contributed by atoms with E-state index in [0.717, 1.165) is 17.3 Å².